The van der Waals surface area contributed by atoms with Crippen LogP contribution in [0.15, 0.2) is 36.8 Å². The van der Waals surface area contributed by atoms with E-state index in [9.17, 15) is 0 Å². The largest absolute Gasteiger partial charge is 0.256 e. The Morgan fingerprint density at radius 2 is 1.62 bits per heavy atom. The lowest BCUT2D eigenvalue weighted by atomic mass is 9.96. The van der Waals surface area contributed by atoms with Gasteiger partial charge >= 0.3 is 0 Å². The van der Waals surface area contributed by atoms with Crippen LogP contribution >= 0.6 is 0 Å². The Hall–Kier alpha value is -1.77. The van der Waals surface area contributed by atoms with Gasteiger partial charge in [-0.1, -0.05) is 26.8 Å². The Morgan fingerprint density at radius 3 is 2.12 bits per heavy atom. The molecule has 0 amide bonds. The van der Waals surface area contributed by atoms with Crippen molar-refractivity contribution in [3.8, 4) is 11.3 Å². The second-order valence-electron chi connectivity index (χ2n) is 4.76. The Labute approximate surface area is 95.6 Å². The van der Waals surface area contributed by atoms with Gasteiger partial charge in [0.2, 0.25) is 0 Å². The van der Waals surface area contributed by atoms with Crippen LogP contribution in [0.4, 0.5) is 0 Å². The molecule has 2 rings (SSSR count). The fraction of sp³-hybridized carbons (Fsp3) is 0.308. The molecule has 0 saturated carbocycles. The third kappa shape index (κ3) is 2.24. The van der Waals surface area contributed by atoms with Crippen molar-refractivity contribution in [3.63, 3.8) is 0 Å². The molecule has 16 heavy (non-hydrogen) atoms. The Bertz CT molecular complexity index is 455. The normalized spacial score (nSPS) is 11.4. The molecule has 2 heterocycles. The number of rotatable bonds is 1. The molecule has 0 N–H and O–H groups in total. The SMILES string of the molecule is CC(C)(C)c1ncc(-c2ccccn2)cn1. The van der Waals surface area contributed by atoms with Crippen molar-refractivity contribution in [2.75, 3.05) is 0 Å². The molecule has 3 heteroatoms. The number of hydrogen-bond donors (Lipinski definition) is 0. The summed E-state index contributed by atoms with van der Waals surface area (Å²) in [6.07, 6.45) is 5.43. The van der Waals surface area contributed by atoms with E-state index in [-0.39, 0.29) is 5.41 Å². The van der Waals surface area contributed by atoms with Crippen molar-refractivity contribution in [1.29, 1.82) is 0 Å². The molecule has 0 aliphatic rings. The molecule has 0 unspecified atom stereocenters. The van der Waals surface area contributed by atoms with E-state index in [2.05, 4.69) is 35.7 Å². The van der Waals surface area contributed by atoms with Crippen LogP contribution in [0.3, 0.4) is 0 Å². The summed E-state index contributed by atoms with van der Waals surface area (Å²) in [6, 6.07) is 5.81. The maximum atomic E-state index is 4.38. The molecule has 82 valence electrons. The van der Waals surface area contributed by atoms with E-state index >= 15 is 0 Å². The van der Waals surface area contributed by atoms with Crippen LogP contribution in [-0.4, -0.2) is 15.0 Å². The molecule has 0 bridgehead atoms. The molecule has 0 fully saturated rings. The number of aromatic nitrogens is 3. The molecule has 0 aromatic carbocycles. The first-order chi connectivity index (χ1) is 7.57. The second-order valence-corrected chi connectivity index (χ2v) is 4.76. The highest BCUT2D eigenvalue weighted by Crippen LogP contribution is 2.20. The van der Waals surface area contributed by atoms with Gasteiger partial charge < -0.3 is 0 Å². The average Bonchev–Trinajstić information content (AvgIpc) is 2.29. The maximum absolute atomic E-state index is 4.38. The van der Waals surface area contributed by atoms with E-state index in [1.165, 1.54) is 0 Å². The fourth-order valence-corrected chi connectivity index (χ4v) is 1.38. The first-order valence-electron chi connectivity index (χ1n) is 5.31. The minimum Gasteiger partial charge on any atom is -0.256 e. The number of pyridine rings is 1. The molecule has 0 saturated heterocycles. The monoisotopic (exact) mass is 213 g/mol. The number of hydrogen-bond acceptors (Lipinski definition) is 3. The van der Waals surface area contributed by atoms with Crippen molar-refractivity contribution < 1.29 is 0 Å². The van der Waals surface area contributed by atoms with Crippen molar-refractivity contribution in [2.24, 2.45) is 0 Å². The maximum Gasteiger partial charge on any atom is 0.133 e. The van der Waals surface area contributed by atoms with Crippen molar-refractivity contribution in [2.45, 2.75) is 26.2 Å². The van der Waals surface area contributed by atoms with Gasteiger partial charge in [-0.2, -0.15) is 0 Å². The topological polar surface area (TPSA) is 38.7 Å². The molecular formula is C13H15N3. The van der Waals surface area contributed by atoms with Crippen molar-refractivity contribution in [1.82, 2.24) is 15.0 Å². The lowest BCUT2D eigenvalue weighted by Gasteiger charge is -2.15. The van der Waals surface area contributed by atoms with Gasteiger partial charge in [-0.3, -0.25) is 4.98 Å². The predicted molar refractivity (Wildman–Crippen MR) is 64.0 cm³/mol. The van der Waals surface area contributed by atoms with E-state index in [1.807, 2.05) is 30.6 Å². The second kappa shape index (κ2) is 4.00. The van der Waals surface area contributed by atoms with E-state index in [0.717, 1.165) is 17.1 Å². The average molecular weight is 213 g/mol. The van der Waals surface area contributed by atoms with Gasteiger partial charge in [-0.15, -0.1) is 0 Å². The summed E-state index contributed by atoms with van der Waals surface area (Å²) < 4.78 is 0. The van der Waals surface area contributed by atoms with E-state index < -0.39 is 0 Å². The summed E-state index contributed by atoms with van der Waals surface area (Å²) in [5.41, 5.74) is 1.85. The van der Waals surface area contributed by atoms with Crippen LogP contribution < -0.4 is 0 Å². The zero-order valence-corrected chi connectivity index (χ0v) is 9.81. The summed E-state index contributed by atoms with van der Waals surface area (Å²) in [5, 5.41) is 0. The van der Waals surface area contributed by atoms with Gasteiger partial charge in [0.15, 0.2) is 0 Å². The third-order valence-corrected chi connectivity index (χ3v) is 2.28. The Kier molecular flexibility index (Phi) is 2.69. The fourth-order valence-electron chi connectivity index (χ4n) is 1.38. The van der Waals surface area contributed by atoms with Crippen molar-refractivity contribution >= 4 is 0 Å². The molecule has 0 aliphatic carbocycles. The summed E-state index contributed by atoms with van der Waals surface area (Å²) in [4.78, 5) is 13.0. The smallest absolute Gasteiger partial charge is 0.133 e. The summed E-state index contributed by atoms with van der Waals surface area (Å²) >= 11 is 0. The predicted octanol–water partition coefficient (Wildman–Crippen LogP) is 2.84. The number of nitrogens with zero attached hydrogens (tertiary/aromatic N) is 3. The first kappa shape index (κ1) is 10.7. The highest BCUT2D eigenvalue weighted by atomic mass is 14.9. The van der Waals surface area contributed by atoms with Gasteiger partial charge in [0.1, 0.15) is 5.82 Å². The molecular weight excluding hydrogens is 198 g/mol. The van der Waals surface area contributed by atoms with Gasteiger partial charge in [-0.25, -0.2) is 9.97 Å². The van der Waals surface area contributed by atoms with Crippen molar-refractivity contribution in [3.05, 3.63) is 42.6 Å². The molecule has 2 aromatic rings. The quantitative estimate of drug-likeness (QED) is 0.731. The molecule has 0 aliphatic heterocycles. The third-order valence-electron chi connectivity index (χ3n) is 2.28. The zero-order valence-electron chi connectivity index (χ0n) is 9.81. The molecule has 0 atom stereocenters. The Balaban J connectivity index is 2.34. The van der Waals surface area contributed by atoms with Crippen LogP contribution in [0.25, 0.3) is 11.3 Å². The van der Waals surface area contributed by atoms with Gasteiger partial charge in [0.25, 0.3) is 0 Å². The van der Waals surface area contributed by atoms with Crippen LogP contribution in [0.1, 0.15) is 26.6 Å². The van der Waals surface area contributed by atoms with Crippen LogP contribution in [0.5, 0.6) is 0 Å². The molecule has 2 aromatic heterocycles. The van der Waals surface area contributed by atoms with E-state index in [4.69, 9.17) is 0 Å². The highest BCUT2D eigenvalue weighted by molar-refractivity contribution is 5.55. The van der Waals surface area contributed by atoms with Gasteiger partial charge in [0, 0.05) is 29.6 Å². The zero-order chi connectivity index (χ0) is 11.6. The first-order valence-corrected chi connectivity index (χ1v) is 5.31. The van der Waals surface area contributed by atoms with Crippen LogP contribution in [0.2, 0.25) is 0 Å². The summed E-state index contributed by atoms with van der Waals surface area (Å²) in [7, 11) is 0. The summed E-state index contributed by atoms with van der Waals surface area (Å²) in [5.74, 6) is 0.854. The molecule has 3 nitrogen and oxygen atoms in total. The molecule has 0 spiro atoms. The minimum atomic E-state index is -0.0113. The molecule has 0 radical (unpaired) electrons. The lowest BCUT2D eigenvalue weighted by Crippen LogP contribution is -2.15. The summed E-state index contributed by atoms with van der Waals surface area (Å²) in [6.45, 7) is 6.30. The van der Waals surface area contributed by atoms with Crippen LogP contribution in [-0.2, 0) is 5.41 Å². The Morgan fingerprint density at radius 1 is 0.938 bits per heavy atom. The van der Waals surface area contributed by atoms with Crippen LogP contribution in [0, 0.1) is 0 Å². The highest BCUT2D eigenvalue weighted by Gasteiger charge is 2.16. The van der Waals surface area contributed by atoms with Gasteiger partial charge in [-0.05, 0) is 12.1 Å². The van der Waals surface area contributed by atoms with E-state index in [0.29, 0.717) is 0 Å². The standard InChI is InChI=1S/C13H15N3/c1-13(2,3)12-15-8-10(9-16-12)11-6-4-5-7-14-11/h4-9H,1-3H3. The minimum absolute atomic E-state index is 0.0113. The van der Waals surface area contributed by atoms with Gasteiger partial charge in [0.05, 0.1) is 5.69 Å². The van der Waals surface area contributed by atoms with E-state index in [1.54, 1.807) is 6.20 Å². The lowest BCUT2D eigenvalue weighted by molar-refractivity contribution is 0.545.